The summed E-state index contributed by atoms with van der Waals surface area (Å²) in [7, 11) is 0. The van der Waals surface area contributed by atoms with Crippen LogP contribution in [-0.2, 0) is 0 Å². The number of fused-ring (bicyclic) bond motifs is 4. The summed E-state index contributed by atoms with van der Waals surface area (Å²) in [6.45, 7) is 0. The van der Waals surface area contributed by atoms with Crippen molar-refractivity contribution in [3.8, 4) is 22.3 Å². The van der Waals surface area contributed by atoms with Gasteiger partial charge in [-0.15, -0.1) is 0 Å². The maximum atomic E-state index is 2.47. The molecule has 0 aliphatic rings. The van der Waals surface area contributed by atoms with Crippen LogP contribution < -0.4 is 0 Å². The highest BCUT2D eigenvalue weighted by atomic mass is 14.3. The van der Waals surface area contributed by atoms with Crippen molar-refractivity contribution in [2.45, 2.75) is 0 Å². The molecule has 0 spiro atoms. The predicted molar refractivity (Wildman–Crippen MR) is 208 cm³/mol. The minimum absolute atomic E-state index is 1.28. The SMILES string of the molecule is c1ccc2c(-c3cc4ccc5ccc6cc(-c7c8ccccc8cc8ccccc78)c7ccc3c3c4c5c6c73)c3ccccc3cc2c1. The van der Waals surface area contributed by atoms with Crippen LogP contribution in [0.2, 0.25) is 0 Å². The summed E-state index contributed by atoms with van der Waals surface area (Å²) in [4.78, 5) is 0. The molecule has 48 heavy (non-hydrogen) atoms. The highest BCUT2D eigenvalue weighted by molar-refractivity contribution is 6.47. The van der Waals surface area contributed by atoms with E-state index >= 15 is 0 Å². The van der Waals surface area contributed by atoms with E-state index < -0.39 is 0 Å². The largest absolute Gasteiger partial charge is 0.0616 e. The Morgan fingerprint density at radius 1 is 0.208 bits per heavy atom. The lowest BCUT2D eigenvalue weighted by molar-refractivity contribution is 1.73. The lowest BCUT2D eigenvalue weighted by Crippen LogP contribution is -1.90. The molecule has 0 amide bonds. The van der Waals surface area contributed by atoms with Gasteiger partial charge >= 0.3 is 0 Å². The van der Waals surface area contributed by atoms with Crippen molar-refractivity contribution < 1.29 is 0 Å². The zero-order valence-electron chi connectivity index (χ0n) is 26.0. The van der Waals surface area contributed by atoms with E-state index in [1.54, 1.807) is 0 Å². The second-order valence-corrected chi connectivity index (χ2v) is 13.6. The van der Waals surface area contributed by atoms with Gasteiger partial charge in [-0.1, -0.05) is 133 Å². The lowest BCUT2D eigenvalue weighted by atomic mass is 9.85. The molecule has 0 aromatic heterocycles. The summed E-state index contributed by atoms with van der Waals surface area (Å²) in [5.41, 5.74) is 5.28. The molecule has 0 N–H and O–H groups in total. The van der Waals surface area contributed by atoms with Crippen molar-refractivity contribution in [3.05, 3.63) is 158 Å². The number of rotatable bonds is 2. The second-order valence-electron chi connectivity index (χ2n) is 13.6. The Labute approximate surface area is 276 Å². The van der Waals surface area contributed by atoms with Gasteiger partial charge in [0.2, 0.25) is 0 Å². The lowest BCUT2D eigenvalue weighted by Gasteiger charge is -2.18. The molecule has 0 radical (unpaired) electrons. The van der Waals surface area contributed by atoms with E-state index in [4.69, 9.17) is 0 Å². The Balaban J connectivity index is 1.32. The Bertz CT molecular complexity index is 2950. The summed E-state index contributed by atoms with van der Waals surface area (Å²) in [5, 5.41) is 24.0. The molecule has 0 nitrogen and oxygen atoms in total. The summed E-state index contributed by atoms with van der Waals surface area (Å²) in [6.07, 6.45) is 0. The fourth-order valence-electron chi connectivity index (χ4n) is 9.29. The van der Waals surface area contributed by atoms with Gasteiger partial charge in [0.05, 0.1) is 0 Å². The van der Waals surface area contributed by atoms with E-state index in [0.717, 1.165) is 0 Å². The summed E-state index contributed by atoms with van der Waals surface area (Å²) < 4.78 is 0. The molecule has 0 saturated heterocycles. The first-order valence-corrected chi connectivity index (χ1v) is 16.9. The summed E-state index contributed by atoms with van der Waals surface area (Å²) >= 11 is 0. The highest BCUT2D eigenvalue weighted by Crippen LogP contribution is 2.54. The smallest absolute Gasteiger partial charge is 0.000740 e. The molecular weight excluding hydrogens is 577 g/mol. The number of benzene rings is 11. The van der Waals surface area contributed by atoms with Crippen molar-refractivity contribution in [3.63, 3.8) is 0 Å². The van der Waals surface area contributed by atoms with Crippen LogP contribution in [0.4, 0.5) is 0 Å². The fourth-order valence-corrected chi connectivity index (χ4v) is 9.29. The van der Waals surface area contributed by atoms with Gasteiger partial charge in [-0.2, -0.15) is 0 Å². The van der Waals surface area contributed by atoms with Crippen LogP contribution >= 0.6 is 0 Å². The third-order valence-corrected chi connectivity index (χ3v) is 11.2. The number of hydrogen-bond donors (Lipinski definition) is 0. The highest BCUT2D eigenvalue weighted by Gasteiger charge is 2.25. The Hall–Kier alpha value is -6.24. The first kappa shape index (κ1) is 24.9. The quantitative estimate of drug-likeness (QED) is 0.136. The maximum absolute atomic E-state index is 2.47. The minimum Gasteiger partial charge on any atom is -0.0616 e. The number of hydrogen-bond acceptors (Lipinski definition) is 0. The molecular formula is C48H26. The van der Waals surface area contributed by atoms with Crippen molar-refractivity contribution in [2.75, 3.05) is 0 Å². The van der Waals surface area contributed by atoms with Gasteiger partial charge in [-0.05, 0) is 143 Å². The first-order valence-electron chi connectivity index (χ1n) is 16.9. The van der Waals surface area contributed by atoms with Crippen molar-refractivity contribution >= 4 is 97.0 Å². The van der Waals surface area contributed by atoms with Gasteiger partial charge in [0.25, 0.3) is 0 Å². The summed E-state index contributed by atoms with van der Waals surface area (Å²) in [6, 6.07) is 59.4. The van der Waals surface area contributed by atoms with Crippen LogP contribution in [0, 0.1) is 0 Å². The fraction of sp³-hybridized carbons (Fsp3) is 0. The van der Waals surface area contributed by atoms with E-state index in [1.165, 1.54) is 119 Å². The molecule has 0 aliphatic heterocycles. The van der Waals surface area contributed by atoms with Crippen LogP contribution in [0.3, 0.4) is 0 Å². The topological polar surface area (TPSA) is 0 Å². The van der Waals surface area contributed by atoms with Gasteiger partial charge in [0, 0.05) is 0 Å². The molecule has 0 unspecified atom stereocenters. The average molecular weight is 603 g/mol. The normalized spacial score (nSPS) is 12.6. The van der Waals surface area contributed by atoms with Gasteiger partial charge in [0.1, 0.15) is 0 Å². The van der Waals surface area contributed by atoms with Crippen molar-refractivity contribution in [1.82, 2.24) is 0 Å². The predicted octanol–water partition coefficient (Wildman–Crippen LogP) is 13.7. The van der Waals surface area contributed by atoms with Gasteiger partial charge in [-0.3, -0.25) is 0 Å². The van der Waals surface area contributed by atoms with E-state index in [2.05, 4.69) is 158 Å². The Kier molecular flexibility index (Phi) is 4.55. The molecule has 12 aromatic carbocycles. The van der Waals surface area contributed by atoms with Gasteiger partial charge in [-0.25, -0.2) is 0 Å². The van der Waals surface area contributed by atoms with Crippen LogP contribution in [0.25, 0.3) is 119 Å². The molecule has 0 aliphatic carbocycles. The van der Waals surface area contributed by atoms with E-state index in [0.29, 0.717) is 0 Å². The molecule has 0 heterocycles. The molecule has 12 aromatic rings. The zero-order chi connectivity index (χ0) is 31.1. The molecule has 0 fully saturated rings. The van der Waals surface area contributed by atoms with E-state index in [1.807, 2.05) is 0 Å². The van der Waals surface area contributed by atoms with Crippen LogP contribution in [0.15, 0.2) is 158 Å². The standard InChI is InChI=1S/C48H26/c1-5-13-34-28(9-1)23-29-10-2-6-14-35(29)45(34)40-25-32-19-17-27-18-20-33-26-41(39-22-21-38(40)47-43(32)42(27)44(33)48(39)47)46-36-15-7-3-11-30(36)24-31-12-4-8-16-37(31)46/h1-26H. The van der Waals surface area contributed by atoms with Gasteiger partial charge < -0.3 is 0 Å². The Morgan fingerprint density at radius 2 is 0.542 bits per heavy atom. The maximum Gasteiger partial charge on any atom is -0.000740 e. The minimum atomic E-state index is 1.28. The van der Waals surface area contributed by atoms with Crippen molar-refractivity contribution in [2.24, 2.45) is 0 Å². The third kappa shape index (κ3) is 3.01. The zero-order valence-corrected chi connectivity index (χ0v) is 26.0. The molecule has 0 heteroatoms. The van der Waals surface area contributed by atoms with Crippen LogP contribution in [0.5, 0.6) is 0 Å². The Morgan fingerprint density at radius 3 is 0.938 bits per heavy atom. The molecule has 12 rings (SSSR count). The van der Waals surface area contributed by atoms with Crippen molar-refractivity contribution in [1.29, 1.82) is 0 Å². The molecule has 0 saturated carbocycles. The van der Waals surface area contributed by atoms with Crippen LogP contribution in [-0.4, -0.2) is 0 Å². The molecule has 218 valence electrons. The summed E-state index contributed by atoms with van der Waals surface area (Å²) in [5.74, 6) is 0. The average Bonchev–Trinajstić information content (AvgIpc) is 3.51. The molecule has 0 atom stereocenters. The van der Waals surface area contributed by atoms with E-state index in [9.17, 15) is 0 Å². The monoisotopic (exact) mass is 602 g/mol. The van der Waals surface area contributed by atoms with Crippen LogP contribution in [0.1, 0.15) is 0 Å². The van der Waals surface area contributed by atoms with Gasteiger partial charge in [0.15, 0.2) is 0 Å². The first-order chi connectivity index (χ1) is 23.8. The second kappa shape index (κ2) is 8.76. The molecule has 0 bridgehead atoms. The third-order valence-electron chi connectivity index (χ3n) is 11.2. The van der Waals surface area contributed by atoms with E-state index in [-0.39, 0.29) is 0 Å².